The van der Waals surface area contributed by atoms with Crippen molar-refractivity contribution in [3.05, 3.63) is 77.9 Å². The molecule has 3 saturated carbocycles. The topological polar surface area (TPSA) is 80.0 Å². The second kappa shape index (κ2) is 8.42. The van der Waals surface area contributed by atoms with E-state index in [0.717, 1.165) is 48.3 Å². The number of alkyl halides is 2. The zero-order chi connectivity index (χ0) is 25.9. The Morgan fingerprint density at radius 1 is 1.08 bits per heavy atom. The minimum absolute atomic E-state index is 0.223. The van der Waals surface area contributed by atoms with Crippen molar-refractivity contribution in [2.75, 3.05) is 19.6 Å². The highest BCUT2D eigenvalue weighted by Gasteiger charge is 2.81. The van der Waals surface area contributed by atoms with Crippen LogP contribution in [0.15, 0.2) is 55.0 Å². The first-order chi connectivity index (χ1) is 17.7. The van der Waals surface area contributed by atoms with Gasteiger partial charge in [-0.3, -0.25) is 9.88 Å². The second-order valence-corrected chi connectivity index (χ2v) is 10.8. The Morgan fingerprint density at radius 2 is 1.89 bits per heavy atom. The number of pyridine rings is 1. The minimum atomic E-state index is -3.71. The number of hydrogen-bond acceptors (Lipinski definition) is 6. The molecule has 11 heteroatoms. The van der Waals surface area contributed by atoms with E-state index in [-0.39, 0.29) is 24.7 Å². The first-order valence-electron chi connectivity index (χ1n) is 12.2. The highest BCUT2D eigenvalue weighted by atomic mass is 19.3. The third kappa shape index (κ3) is 3.78. The number of nitrogens with zero attached hydrogens (tertiary/aromatic N) is 6. The lowest BCUT2D eigenvalue weighted by atomic mass is 9.32. The summed E-state index contributed by atoms with van der Waals surface area (Å²) < 4.78 is 61.8. The normalized spacial score (nSPS) is 27.1. The number of benzene rings is 1. The Morgan fingerprint density at radius 3 is 2.51 bits per heavy atom. The lowest BCUT2D eigenvalue weighted by Gasteiger charge is -2.74. The highest BCUT2D eigenvalue weighted by Crippen LogP contribution is 2.80. The summed E-state index contributed by atoms with van der Waals surface area (Å²) in [6.07, 6.45) is 6.49. The van der Waals surface area contributed by atoms with E-state index in [0.29, 0.717) is 12.6 Å². The van der Waals surface area contributed by atoms with Crippen LogP contribution in [0.1, 0.15) is 36.9 Å². The fourth-order valence-corrected chi connectivity index (χ4v) is 6.72. The third-order valence-electron chi connectivity index (χ3n) is 8.33. The molecule has 0 amide bonds. The van der Waals surface area contributed by atoms with Gasteiger partial charge >= 0.3 is 0 Å². The van der Waals surface area contributed by atoms with Gasteiger partial charge in [0.2, 0.25) is 0 Å². The molecule has 0 saturated heterocycles. The maximum Gasteiger partial charge on any atom is 0.287 e. The predicted octanol–water partition coefficient (Wildman–Crippen LogP) is 3.83. The molecule has 3 aliphatic carbocycles. The fraction of sp³-hybridized carbons (Fsp3) is 0.462. The standard InChI is InChI=1S/C26H26F4N6O/c27-19-4-5-20(21(28)11-19)25(37,16-36-17-32-33-34-36)26(29,30)24-12-23(13-24,14-24)15-35-9-6-18(7-10-35)22-3-1-2-8-31-22/h1-6,8,11,17,37H,7,9-10,12-16H2/t23?,24?,25-/m1/s1. The van der Waals surface area contributed by atoms with Gasteiger partial charge in [0.1, 0.15) is 18.0 Å². The van der Waals surface area contributed by atoms with Gasteiger partial charge in [0.25, 0.3) is 5.92 Å². The Bertz CT molecular complexity index is 1310. The molecule has 3 fully saturated rings. The quantitative estimate of drug-likeness (QED) is 0.461. The van der Waals surface area contributed by atoms with Gasteiger partial charge < -0.3 is 5.11 Å². The summed E-state index contributed by atoms with van der Waals surface area (Å²) in [7, 11) is 0. The molecule has 1 aromatic carbocycles. The first kappa shape index (κ1) is 24.2. The molecular weight excluding hydrogens is 488 g/mol. The molecule has 1 aliphatic heterocycles. The van der Waals surface area contributed by atoms with Crippen molar-refractivity contribution in [2.45, 2.75) is 43.8 Å². The van der Waals surface area contributed by atoms with E-state index >= 15 is 8.78 Å². The first-order valence-corrected chi connectivity index (χ1v) is 12.2. The Balaban J connectivity index is 1.19. The van der Waals surface area contributed by atoms with Crippen molar-refractivity contribution >= 4 is 5.57 Å². The maximum atomic E-state index is 16.3. The molecule has 1 atom stereocenters. The van der Waals surface area contributed by atoms with Crippen molar-refractivity contribution in [1.29, 1.82) is 0 Å². The van der Waals surface area contributed by atoms with E-state index in [4.69, 9.17) is 0 Å². The second-order valence-electron chi connectivity index (χ2n) is 10.8. The Labute approximate surface area is 210 Å². The van der Waals surface area contributed by atoms with Crippen molar-refractivity contribution < 1.29 is 22.7 Å². The largest absolute Gasteiger partial charge is 0.377 e. The van der Waals surface area contributed by atoms with E-state index in [1.165, 1.54) is 5.57 Å². The van der Waals surface area contributed by atoms with Crippen LogP contribution in [0.5, 0.6) is 0 Å². The van der Waals surface area contributed by atoms with E-state index in [1.54, 1.807) is 6.20 Å². The number of halogens is 4. The van der Waals surface area contributed by atoms with Crippen molar-refractivity contribution in [2.24, 2.45) is 10.8 Å². The number of rotatable bonds is 8. The van der Waals surface area contributed by atoms with Gasteiger partial charge in [-0.05, 0) is 71.4 Å². The summed E-state index contributed by atoms with van der Waals surface area (Å²) in [5.74, 6) is -5.86. The number of aromatic nitrogens is 5. The summed E-state index contributed by atoms with van der Waals surface area (Å²) >= 11 is 0. The molecule has 2 aromatic heterocycles. The van der Waals surface area contributed by atoms with E-state index < -0.39 is 40.7 Å². The minimum Gasteiger partial charge on any atom is -0.377 e. The van der Waals surface area contributed by atoms with Crippen LogP contribution in [0.25, 0.3) is 5.57 Å². The molecule has 194 valence electrons. The van der Waals surface area contributed by atoms with E-state index in [2.05, 4.69) is 31.5 Å². The number of hydrogen-bond donors (Lipinski definition) is 1. The van der Waals surface area contributed by atoms with Crippen LogP contribution in [-0.4, -0.2) is 60.8 Å². The SMILES string of the molecule is O[C@](Cn1cnnn1)(c1ccc(F)cc1F)C(F)(F)C12CC(CN3CC=C(c4ccccn4)CC3)(C1)C2. The van der Waals surface area contributed by atoms with Crippen LogP contribution in [0.3, 0.4) is 0 Å². The van der Waals surface area contributed by atoms with Crippen molar-refractivity contribution in [1.82, 2.24) is 30.1 Å². The molecule has 7 nitrogen and oxygen atoms in total. The molecule has 4 aliphatic rings. The van der Waals surface area contributed by atoms with Crippen LogP contribution < -0.4 is 0 Å². The van der Waals surface area contributed by atoms with Crippen LogP contribution in [0.4, 0.5) is 17.6 Å². The maximum absolute atomic E-state index is 16.3. The van der Waals surface area contributed by atoms with Gasteiger partial charge in [-0.15, -0.1) is 5.10 Å². The van der Waals surface area contributed by atoms with Gasteiger partial charge in [-0.2, -0.15) is 0 Å². The van der Waals surface area contributed by atoms with Gasteiger partial charge in [0.15, 0.2) is 5.60 Å². The molecule has 3 aromatic rings. The molecule has 7 rings (SSSR count). The molecule has 3 heterocycles. The third-order valence-corrected chi connectivity index (χ3v) is 8.33. The molecule has 1 N–H and O–H groups in total. The van der Waals surface area contributed by atoms with Crippen LogP contribution in [-0.2, 0) is 12.1 Å². The Hall–Kier alpha value is -3.18. The lowest BCUT2D eigenvalue weighted by molar-refractivity contribution is -0.371. The van der Waals surface area contributed by atoms with Crippen molar-refractivity contribution in [3.63, 3.8) is 0 Å². The molecule has 37 heavy (non-hydrogen) atoms. The van der Waals surface area contributed by atoms with Crippen LogP contribution in [0.2, 0.25) is 0 Å². The van der Waals surface area contributed by atoms with Gasteiger partial charge in [-0.25, -0.2) is 22.2 Å². The van der Waals surface area contributed by atoms with E-state index in [9.17, 15) is 13.9 Å². The highest BCUT2D eigenvalue weighted by molar-refractivity contribution is 5.63. The van der Waals surface area contributed by atoms with Crippen molar-refractivity contribution in [3.8, 4) is 0 Å². The lowest BCUT2D eigenvalue weighted by Crippen LogP contribution is -2.76. The average Bonchev–Trinajstić information content (AvgIpc) is 3.34. The smallest absolute Gasteiger partial charge is 0.287 e. The molecule has 0 spiro atoms. The number of aliphatic hydroxyl groups is 1. The summed E-state index contributed by atoms with van der Waals surface area (Å²) in [6.45, 7) is 1.46. The van der Waals surface area contributed by atoms with Gasteiger partial charge in [-0.1, -0.05) is 12.1 Å². The number of tetrazole rings is 1. The summed E-state index contributed by atoms with van der Waals surface area (Å²) in [6, 6.07) is 8.06. The van der Waals surface area contributed by atoms with E-state index in [1.807, 2.05) is 18.2 Å². The molecular formula is C26H26F4N6O. The monoisotopic (exact) mass is 514 g/mol. The Kier molecular flexibility index (Phi) is 5.50. The molecule has 2 bridgehead atoms. The van der Waals surface area contributed by atoms with Gasteiger partial charge in [0.05, 0.1) is 12.2 Å². The average molecular weight is 515 g/mol. The summed E-state index contributed by atoms with van der Waals surface area (Å²) in [4.78, 5) is 6.67. The zero-order valence-corrected chi connectivity index (χ0v) is 20.0. The van der Waals surface area contributed by atoms with Gasteiger partial charge in [0, 0.05) is 42.9 Å². The summed E-state index contributed by atoms with van der Waals surface area (Å²) in [5, 5.41) is 21.9. The zero-order valence-electron chi connectivity index (χ0n) is 20.0. The van der Waals surface area contributed by atoms with Crippen LogP contribution in [0, 0.1) is 22.5 Å². The summed E-state index contributed by atoms with van der Waals surface area (Å²) in [5.41, 5.74) is -3.21. The van der Waals surface area contributed by atoms with Crippen LogP contribution >= 0.6 is 0 Å². The fourth-order valence-electron chi connectivity index (χ4n) is 6.72. The molecule has 0 radical (unpaired) electrons. The molecule has 0 unspecified atom stereocenters. The predicted molar refractivity (Wildman–Crippen MR) is 125 cm³/mol.